The first-order chi connectivity index (χ1) is 13.5. The quantitative estimate of drug-likeness (QED) is 0.577. The Hall–Kier alpha value is -2.53. The van der Waals surface area contributed by atoms with Crippen LogP contribution in [-0.4, -0.2) is 34.7 Å². The second-order valence-corrected chi connectivity index (χ2v) is 8.60. The van der Waals surface area contributed by atoms with Crippen molar-refractivity contribution in [1.29, 1.82) is 0 Å². The number of carbonyl (C=O) groups excluding carboxylic acids is 2. The molecule has 2 aromatic carbocycles. The smallest absolute Gasteiger partial charge is 0.273 e. The summed E-state index contributed by atoms with van der Waals surface area (Å²) in [5.41, 5.74) is 1.26. The molecule has 1 aliphatic heterocycles. The lowest BCUT2D eigenvalue weighted by molar-refractivity contribution is 0.0633. The highest BCUT2D eigenvalue weighted by Crippen LogP contribution is 2.27. The van der Waals surface area contributed by atoms with E-state index in [0.29, 0.717) is 24.7 Å². The minimum Gasteiger partial charge on any atom is -0.337 e. The van der Waals surface area contributed by atoms with Crippen LogP contribution >= 0.6 is 11.3 Å². The fraction of sp³-hybridized carbons (Fsp3) is 0.348. The molecule has 0 N–H and O–H groups in total. The third-order valence-electron chi connectivity index (χ3n) is 5.37. The highest BCUT2D eigenvalue weighted by atomic mass is 32.1. The monoisotopic (exact) mass is 392 g/mol. The lowest BCUT2D eigenvalue weighted by Gasteiger charge is -2.31. The maximum absolute atomic E-state index is 13.3. The van der Waals surface area contributed by atoms with Crippen LogP contribution in [0.5, 0.6) is 0 Å². The second-order valence-electron chi connectivity index (χ2n) is 7.71. The van der Waals surface area contributed by atoms with Crippen molar-refractivity contribution in [2.24, 2.45) is 5.92 Å². The van der Waals surface area contributed by atoms with Gasteiger partial charge in [-0.2, -0.15) is 0 Å². The number of amides is 1. The molecule has 1 aromatic heterocycles. The van der Waals surface area contributed by atoms with Crippen LogP contribution < -0.4 is 0 Å². The summed E-state index contributed by atoms with van der Waals surface area (Å²) in [7, 11) is 0. The van der Waals surface area contributed by atoms with Crippen LogP contribution in [0.15, 0.2) is 47.8 Å². The number of benzene rings is 2. The molecule has 0 bridgehead atoms. The van der Waals surface area contributed by atoms with E-state index >= 15 is 0 Å². The third kappa shape index (κ3) is 3.59. The number of piperidine rings is 1. The van der Waals surface area contributed by atoms with E-state index in [-0.39, 0.29) is 17.6 Å². The second kappa shape index (κ2) is 7.84. The number of thiazole rings is 1. The molecular formula is C23H24N2O2S. The number of nitrogens with zero attached hydrogens (tertiary/aromatic N) is 2. The molecule has 0 unspecified atom stereocenters. The van der Waals surface area contributed by atoms with Gasteiger partial charge in [0.1, 0.15) is 5.69 Å². The van der Waals surface area contributed by atoms with Crippen molar-refractivity contribution in [3.63, 3.8) is 0 Å². The van der Waals surface area contributed by atoms with Gasteiger partial charge in [0.15, 0.2) is 5.78 Å². The molecule has 0 spiro atoms. The number of likely N-dealkylation sites (tertiary alicyclic amines) is 1. The largest absolute Gasteiger partial charge is 0.337 e. The van der Waals surface area contributed by atoms with Gasteiger partial charge in [0.05, 0.1) is 5.01 Å². The van der Waals surface area contributed by atoms with E-state index < -0.39 is 0 Å². The Bertz CT molecular complexity index is 1020. The molecule has 0 aliphatic carbocycles. The Kier molecular flexibility index (Phi) is 5.27. The van der Waals surface area contributed by atoms with Crippen LogP contribution in [0.4, 0.5) is 0 Å². The fourth-order valence-electron chi connectivity index (χ4n) is 3.85. The maximum Gasteiger partial charge on any atom is 0.273 e. The number of carbonyl (C=O) groups is 2. The van der Waals surface area contributed by atoms with Crippen LogP contribution in [0.1, 0.15) is 58.5 Å². The van der Waals surface area contributed by atoms with Gasteiger partial charge in [0.2, 0.25) is 0 Å². The summed E-state index contributed by atoms with van der Waals surface area (Å²) in [4.78, 5) is 32.5. The Morgan fingerprint density at radius 2 is 1.93 bits per heavy atom. The summed E-state index contributed by atoms with van der Waals surface area (Å²) in [6.07, 6.45) is 1.66. The molecule has 1 atom stereocenters. The minimum atomic E-state index is -0.160. The predicted molar refractivity (Wildman–Crippen MR) is 113 cm³/mol. The van der Waals surface area contributed by atoms with Crippen molar-refractivity contribution in [2.45, 2.75) is 32.6 Å². The lowest BCUT2D eigenvalue weighted by atomic mass is 9.88. The number of hydrogen-bond acceptors (Lipinski definition) is 4. The maximum atomic E-state index is 13.3. The zero-order valence-corrected chi connectivity index (χ0v) is 17.0. The molecule has 4 nitrogen and oxygen atoms in total. The van der Waals surface area contributed by atoms with Gasteiger partial charge in [-0.3, -0.25) is 9.59 Å². The number of fused-ring (bicyclic) bond motifs is 1. The number of aromatic nitrogens is 1. The molecule has 1 amide bonds. The normalized spacial score (nSPS) is 17.2. The van der Waals surface area contributed by atoms with Crippen molar-refractivity contribution in [3.05, 3.63) is 64.1 Å². The van der Waals surface area contributed by atoms with E-state index in [2.05, 4.69) is 18.8 Å². The number of Topliss-reactive ketones (excluding diaryl/α,β-unsaturated/α-hetero) is 1. The van der Waals surface area contributed by atoms with E-state index in [9.17, 15) is 9.59 Å². The first-order valence-electron chi connectivity index (χ1n) is 9.81. The molecule has 2 heterocycles. The zero-order valence-electron chi connectivity index (χ0n) is 16.2. The summed E-state index contributed by atoms with van der Waals surface area (Å²) in [6, 6.07) is 13.8. The van der Waals surface area contributed by atoms with Crippen molar-refractivity contribution in [2.75, 3.05) is 13.1 Å². The highest BCUT2D eigenvalue weighted by Gasteiger charge is 2.31. The molecule has 28 heavy (non-hydrogen) atoms. The van der Waals surface area contributed by atoms with Gasteiger partial charge in [0, 0.05) is 35.9 Å². The van der Waals surface area contributed by atoms with Crippen molar-refractivity contribution >= 4 is 33.8 Å². The van der Waals surface area contributed by atoms with E-state index in [1.807, 2.05) is 47.8 Å². The van der Waals surface area contributed by atoms with E-state index in [4.69, 9.17) is 0 Å². The Labute approximate surface area is 169 Å². The van der Waals surface area contributed by atoms with Crippen molar-refractivity contribution in [3.8, 4) is 0 Å². The average Bonchev–Trinajstić information content (AvgIpc) is 3.23. The van der Waals surface area contributed by atoms with Gasteiger partial charge in [-0.05, 0) is 23.6 Å². The van der Waals surface area contributed by atoms with Gasteiger partial charge < -0.3 is 4.90 Å². The van der Waals surface area contributed by atoms with Crippen molar-refractivity contribution < 1.29 is 9.59 Å². The van der Waals surface area contributed by atoms with Crippen molar-refractivity contribution in [1.82, 2.24) is 9.88 Å². The average molecular weight is 393 g/mol. The molecule has 1 fully saturated rings. The molecule has 1 aliphatic rings. The van der Waals surface area contributed by atoms with Gasteiger partial charge >= 0.3 is 0 Å². The van der Waals surface area contributed by atoms with Gasteiger partial charge in [0.25, 0.3) is 5.91 Å². The van der Waals surface area contributed by atoms with E-state index in [1.165, 1.54) is 11.3 Å². The van der Waals surface area contributed by atoms with Gasteiger partial charge in [-0.25, -0.2) is 4.98 Å². The minimum absolute atomic E-state index is 0.0569. The summed E-state index contributed by atoms with van der Waals surface area (Å²) in [5, 5.41) is 4.87. The number of ketones is 1. The topological polar surface area (TPSA) is 50.3 Å². The standard InChI is InChI=1S/C23H24N2O2S/c1-15(2)22-24-20(14-28-22)23(27)25-12-6-9-17(13-25)21(26)19-11-5-8-16-7-3-4-10-18(16)19/h3-5,7-8,10-11,14-15,17H,6,9,12-13H2,1-2H3/t17-/m1/s1. The fourth-order valence-corrected chi connectivity index (χ4v) is 4.66. The molecule has 5 heteroatoms. The Morgan fingerprint density at radius 3 is 2.71 bits per heavy atom. The molecule has 0 saturated carbocycles. The van der Waals surface area contributed by atoms with Crippen LogP contribution in [-0.2, 0) is 0 Å². The van der Waals surface area contributed by atoms with E-state index in [1.54, 1.807) is 4.90 Å². The Morgan fingerprint density at radius 1 is 1.14 bits per heavy atom. The van der Waals surface area contributed by atoms with Crippen LogP contribution in [0, 0.1) is 5.92 Å². The molecule has 3 aromatic rings. The molecule has 4 rings (SSSR count). The predicted octanol–water partition coefficient (Wildman–Crippen LogP) is 5.15. The van der Waals surface area contributed by atoms with Crippen LogP contribution in [0.2, 0.25) is 0 Å². The summed E-state index contributed by atoms with van der Waals surface area (Å²) in [6.45, 7) is 5.31. The zero-order chi connectivity index (χ0) is 19.7. The first-order valence-corrected chi connectivity index (χ1v) is 10.7. The molecule has 144 valence electrons. The number of hydrogen-bond donors (Lipinski definition) is 0. The summed E-state index contributed by atoms with van der Waals surface area (Å²) in [5.74, 6) is 0.231. The SMILES string of the molecule is CC(C)c1nc(C(=O)N2CCC[C@@H](C(=O)c3cccc4ccccc34)C2)cs1. The van der Waals surface area contributed by atoms with Gasteiger partial charge in [-0.15, -0.1) is 11.3 Å². The molecular weight excluding hydrogens is 368 g/mol. The number of rotatable bonds is 4. The van der Waals surface area contributed by atoms with Crippen LogP contribution in [0.3, 0.4) is 0 Å². The third-order valence-corrected chi connectivity index (χ3v) is 6.51. The molecule has 1 saturated heterocycles. The van der Waals surface area contributed by atoms with Crippen LogP contribution in [0.25, 0.3) is 10.8 Å². The van der Waals surface area contributed by atoms with E-state index in [0.717, 1.165) is 34.2 Å². The first kappa shape index (κ1) is 18.8. The highest BCUT2D eigenvalue weighted by molar-refractivity contribution is 7.09. The summed E-state index contributed by atoms with van der Waals surface area (Å²) >= 11 is 1.53. The summed E-state index contributed by atoms with van der Waals surface area (Å²) < 4.78 is 0. The molecule has 0 radical (unpaired) electrons. The lowest BCUT2D eigenvalue weighted by Crippen LogP contribution is -2.42. The van der Waals surface area contributed by atoms with Gasteiger partial charge in [-0.1, -0.05) is 56.3 Å². The Balaban J connectivity index is 1.54.